The van der Waals surface area contributed by atoms with E-state index in [1.807, 2.05) is 48.5 Å². The molecular weight excluding hydrogens is 582 g/mol. The highest BCUT2D eigenvalue weighted by molar-refractivity contribution is 6.38. The van der Waals surface area contributed by atoms with Crippen molar-refractivity contribution in [1.82, 2.24) is 26.2 Å². The molecule has 1 aliphatic heterocycles. The third kappa shape index (κ3) is 9.41. The minimum atomic E-state index is -1.30. The van der Waals surface area contributed by atoms with Crippen LogP contribution in [0.15, 0.2) is 12.7 Å². The number of fused-ring (bicyclic) bond motifs is 1. The molecule has 13 nitrogen and oxygen atoms in total. The van der Waals surface area contributed by atoms with Crippen molar-refractivity contribution < 1.29 is 38.6 Å². The van der Waals surface area contributed by atoms with Gasteiger partial charge in [-0.15, -0.1) is 6.58 Å². The van der Waals surface area contributed by atoms with Gasteiger partial charge in [0.1, 0.15) is 18.9 Å². The van der Waals surface area contributed by atoms with Gasteiger partial charge in [-0.05, 0) is 34.5 Å². The fourth-order valence-corrected chi connectivity index (χ4v) is 6.10. The average molecular weight is 638 g/mol. The van der Waals surface area contributed by atoms with Gasteiger partial charge in [-0.25, -0.2) is 9.59 Å². The third-order valence-corrected chi connectivity index (χ3v) is 9.04. The third-order valence-electron chi connectivity index (χ3n) is 9.04. The quantitative estimate of drug-likeness (QED) is 0.0829. The predicted octanol–water partition coefficient (Wildman–Crippen LogP) is 2.33. The second kappa shape index (κ2) is 14.9. The molecule has 0 spiro atoms. The van der Waals surface area contributed by atoms with Gasteiger partial charge < -0.3 is 35.4 Å². The highest BCUT2D eigenvalue weighted by Gasteiger charge is 2.69. The molecule has 0 aromatic heterocycles. The van der Waals surface area contributed by atoms with Gasteiger partial charge in [-0.1, -0.05) is 74.8 Å². The molecule has 256 valence electrons. The van der Waals surface area contributed by atoms with Crippen LogP contribution >= 0.6 is 0 Å². The second-order valence-electron chi connectivity index (χ2n) is 14.9. The number of nitrogens with zero attached hydrogens (tertiary/aromatic N) is 1. The number of aliphatic hydroxyl groups excluding tert-OH is 1. The number of urea groups is 1. The number of hydrogen-bond acceptors (Lipinski definition) is 9. The van der Waals surface area contributed by atoms with Crippen LogP contribution in [0.2, 0.25) is 0 Å². The molecule has 1 saturated carbocycles. The Bertz CT molecular complexity index is 1110. The molecule has 2 fully saturated rings. The fourth-order valence-electron chi connectivity index (χ4n) is 6.10. The van der Waals surface area contributed by atoms with Gasteiger partial charge in [0.15, 0.2) is 0 Å². The van der Waals surface area contributed by atoms with Crippen molar-refractivity contribution in [2.24, 2.45) is 28.1 Å². The molecule has 1 aliphatic carbocycles. The van der Waals surface area contributed by atoms with Crippen LogP contribution in [0.3, 0.4) is 0 Å². The summed E-state index contributed by atoms with van der Waals surface area (Å²) < 4.78 is 9.63. The van der Waals surface area contributed by atoms with E-state index >= 15 is 0 Å². The van der Waals surface area contributed by atoms with Gasteiger partial charge in [-0.2, -0.15) is 0 Å². The van der Waals surface area contributed by atoms with E-state index in [-0.39, 0.29) is 36.3 Å². The summed E-state index contributed by atoms with van der Waals surface area (Å²) in [4.78, 5) is 66.1. The van der Waals surface area contributed by atoms with Crippen LogP contribution in [0.4, 0.5) is 9.59 Å². The first-order valence-electron chi connectivity index (χ1n) is 15.7. The molecule has 2 aliphatic rings. The van der Waals surface area contributed by atoms with Crippen LogP contribution < -0.4 is 21.3 Å². The van der Waals surface area contributed by atoms with Crippen LogP contribution in [0.1, 0.15) is 75.2 Å². The minimum absolute atomic E-state index is 0.0499. The zero-order chi connectivity index (χ0) is 34.5. The van der Waals surface area contributed by atoms with E-state index in [2.05, 4.69) is 46.4 Å². The second-order valence-corrected chi connectivity index (χ2v) is 14.9. The molecule has 1 saturated heterocycles. The van der Waals surface area contributed by atoms with E-state index in [1.165, 1.54) is 13.2 Å². The van der Waals surface area contributed by atoms with Crippen molar-refractivity contribution in [1.29, 1.82) is 0 Å². The normalized spacial score (nSPS) is 23.0. The number of ether oxygens (including phenoxy) is 2. The monoisotopic (exact) mass is 637 g/mol. The number of carbonyl (C=O) groups excluding carboxylic acids is 5. The highest BCUT2D eigenvalue weighted by atomic mass is 16.7. The molecule has 0 bridgehead atoms. The summed E-state index contributed by atoms with van der Waals surface area (Å²) in [5.74, 6) is -1.77. The SMILES string of the molecule is C=CCNC(=O)C(=O)C(CCC)NC(O)C1[C@@H]2[C@H](CN1C(=O)C(NC(=O)N[C@H](COC(=O)OC)C(C)(C)C)C(C)(C)C)C2(C)C. The Morgan fingerprint density at radius 2 is 1.69 bits per heavy atom. The first-order valence-corrected chi connectivity index (χ1v) is 15.7. The lowest BCUT2D eigenvalue weighted by Gasteiger charge is -2.40. The van der Waals surface area contributed by atoms with Gasteiger partial charge in [0.05, 0.1) is 25.2 Å². The number of hydrogen-bond donors (Lipinski definition) is 5. The maximum Gasteiger partial charge on any atom is 0.508 e. The number of piperidine rings is 1. The number of carbonyl (C=O) groups is 5. The van der Waals surface area contributed by atoms with E-state index in [0.29, 0.717) is 19.4 Å². The summed E-state index contributed by atoms with van der Waals surface area (Å²) in [6, 6.07) is -3.82. The lowest BCUT2D eigenvalue weighted by molar-refractivity contribution is -0.143. The highest BCUT2D eigenvalue weighted by Crippen LogP contribution is 2.65. The Kier molecular flexibility index (Phi) is 12.6. The topological polar surface area (TPSA) is 175 Å². The summed E-state index contributed by atoms with van der Waals surface area (Å²) in [6.45, 7) is 21.1. The van der Waals surface area contributed by atoms with E-state index in [1.54, 1.807) is 4.90 Å². The number of Topliss-reactive ketones (excluding diaryl/α,β-unsaturated/α-hetero) is 1. The van der Waals surface area contributed by atoms with Crippen LogP contribution in [0.25, 0.3) is 0 Å². The maximum atomic E-state index is 14.2. The molecule has 2 rings (SSSR count). The Morgan fingerprint density at radius 1 is 1.07 bits per heavy atom. The Morgan fingerprint density at radius 3 is 2.20 bits per heavy atom. The van der Waals surface area contributed by atoms with Crippen molar-refractivity contribution >= 4 is 29.8 Å². The number of methoxy groups -OCH3 is 1. The molecular formula is C32H55N5O8. The van der Waals surface area contributed by atoms with Gasteiger partial charge in [0.25, 0.3) is 5.91 Å². The van der Waals surface area contributed by atoms with E-state index in [4.69, 9.17) is 4.74 Å². The van der Waals surface area contributed by atoms with Gasteiger partial charge in [0.2, 0.25) is 11.7 Å². The standard InChI is InChI=1S/C32H55N5O8/c1-12-14-19(23(38)26(40)33-15-13-2)34-25(39)22-21-18(32(21,9)10)16-37(22)27(41)24(31(6,7)8)36-28(42)35-20(30(3,4)5)17-45-29(43)44-11/h13,18-22,24-25,34,39H,2,12,14-17H2,1,3-11H3,(H,33,40)(H2,35,36,42)/t18-,19?,20+,21-,22?,24?,25?/m0/s1. The largest absolute Gasteiger partial charge is 0.508 e. The lowest BCUT2D eigenvalue weighted by Crippen LogP contribution is -2.63. The Balaban J connectivity index is 2.29. The molecule has 0 aromatic rings. The van der Waals surface area contributed by atoms with Crippen molar-refractivity contribution in [2.45, 2.75) is 106 Å². The van der Waals surface area contributed by atoms with Crippen molar-refractivity contribution in [3.05, 3.63) is 12.7 Å². The van der Waals surface area contributed by atoms with Crippen molar-refractivity contribution in [2.75, 3.05) is 26.8 Å². The summed E-state index contributed by atoms with van der Waals surface area (Å²) in [5.41, 5.74) is -1.36. The zero-order valence-electron chi connectivity index (χ0n) is 28.6. The van der Waals surface area contributed by atoms with Gasteiger partial charge >= 0.3 is 12.2 Å². The number of aliphatic hydroxyl groups is 1. The number of nitrogens with one attached hydrogen (secondary N) is 4. The first kappa shape index (κ1) is 38.0. The number of rotatable bonds is 14. The first-order chi connectivity index (χ1) is 20.7. The summed E-state index contributed by atoms with van der Waals surface area (Å²) in [6.07, 6.45) is 0.202. The fraction of sp³-hybridized carbons (Fsp3) is 0.781. The van der Waals surface area contributed by atoms with Crippen LogP contribution in [-0.4, -0.2) is 97.0 Å². The molecule has 0 aromatic carbocycles. The molecule has 4 amide bonds. The number of amides is 4. The van der Waals surface area contributed by atoms with Crippen molar-refractivity contribution in [3.8, 4) is 0 Å². The lowest BCUT2D eigenvalue weighted by atomic mass is 9.85. The summed E-state index contributed by atoms with van der Waals surface area (Å²) in [5, 5.41) is 22.7. The summed E-state index contributed by atoms with van der Waals surface area (Å²) in [7, 11) is 1.19. The minimum Gasteiger partial charge on any atom is -0.438 e. The molecule has 13 heteroatoms. The number of likely N-dealkylation sites (tertiary alicyclic amines) is 1. The van der Waals surface area contributed by atoms with Crippen LogP contribution in [0.5, 0.6) is 0 Å². The molecule has 1 heterocycles. The maximum absolute atomic E-state index is 14.2. The van der Waals surface area contributed by atoms with Gasteiger partial charge in [-0.3, -0.25) is 19.7 Å². The van der Waals surface area contributed by atoms with E-state index < -0.39 is 65.1 Å². The molecule has 7 atom stereocenters. The zero-order valence-corrected chi connectivity index (χ0v) is 28.6. The van der Waals surface area contributed by atoms with E-state index in [9.17, 15) is 29.1 Å². The molecule has 0 radical (unpaired) electrons. The van der Waals surface area contributed by atoms with Crippen LogP contribution in [-0.2, 0) is 23.9 Å². The van der Waals surface area contributed by atoms with Crippen molar-refractivity contribution in [3.63, 3.8) is 0 Å². The number of ketones is 1. The Labute approximate surface area is 267 Å². The smallest absolute Gasteiger partial charge is 0.438 e. The summed E-state index contributed by atoms with van der Waals surface area (Å²) >= 11 is 0. The molecule has 5 N–H and O–H groups in total. The van der Waals surface area contributed by atoms with Gasteiger partial charge in [0, 0.05) is 13.1 Å². The van der Waals surface area contributed by atoms with Crippen LogP contribution in [0, 0.1) is 28.1 Å². The molecule has 4 unspecified atom stereocenters. The molecule has 45 heavy (non-hydrogen) atoms. The average Bonchev–Trinajstić information content (AvgIpc) is 3.26. The predicted molar refractivity (Wildman–Crippen MR) is 169 cm³/mol. The van der Waals surface area contributed by atoms with E-state index in [0.717, 1.165) is 0 Å². The Hall–Kier alpha value is -3.19.